The maximum atomic E-state index is 11.8. The molecule has 7 nitrogen and oxygen atoms in total. The number of anilines is 1. The lowest BCUT2D eigenvalue weighted by molar-refractivity contribution is -0.122. The van der Waals surface area contributed by atoms with E-state index in [-0.39, 0.29) is 11.9 Å². The van der Waals surface area contributed by atoms with Crippen LogP contribution in [0.5, 0.6) is 5.75 Å². The molecule has 0 aliphatic rings. The van der Waals surface area contributed by atoms with Crippen LogP contribution in [0.25, 0.3) is 0 Å². The van der Waals surface area contributed by atoms with Gasteiger partial charge in [0.05, 0.1) is 0 Å². The van der Waals surface area contributed by atoms with E-state index >= 15 is 0 Å². The summed E-state index contributed by atoms with van der Waals surface area (Å²) in [7, 11) is 0. The zero-order valence-electron chi connectivity index (χ0n) is 10.3. The van der Waals surface area contributed by atoms with Gasteiger partial charge in [-0.3, -0.25) is 10.1 Å². The molecule has 1 unspecified atom stereocenters. The predicted octanol–water partition coefficient (Wildman–Crippen LogP) is 1.57. The Morgan fingerprint density at radius 3 is 2.95 bits per heavy atom. The number of aryl methyl sites for hydroxylation is 1. The van der Waals surface area contributed by atoms with Crippen molar-refractivity contribution in [2.45, 2.75) is 20.0 Å². The Morgan fingerprint density at radius 1 is 1.53 bits per heavy atom. The highest BCUT2D eigenvalue weighted by Gasteiger charge is 2.17. The van der Waals surface area contributed by atoms with Crippen molar-refractivity contribution in [1.29, 1.82) is 0 Å². The summed E-state index contributed by atoms with van der Waals surface area (Å²) >= 11 is 5.85. The van der Waals surface area contributed by atoms with Gasteiger partial charge in [0.2, 0.25) is 0 Å². The van der Waals surface area contributed by atoms with Gasteiger partial charge in [0.1, 0.15) is 5.75 Å². The van der Waals surface area contributed by atoms with Crippen molar-refractivity contribution in [1.82, 2.24) is 20.6 Å². The Hall–Kier alpha value is -2.15. The maximum Gasteiger partial charge on any atom is 0.269 e. The van der Waals surface area contributed by atoms with Gasteiger partial charge >= 0.3 is 0 Å². The molecule has 0 spiro atoms. The zero-order valence-corrected chi connectivity index (χ0v) is 11.1. The maximum absolute atomic E-state index is 11.8. The minimum atomic E-state index is -0.696. The summed E-state index contributed by atoms with van der Waals surface area (Å²) in [4.78, 5) is 11.8. The van der Waals surface area contributed by atoms with Gasteiger partial charge in [-0.25, -0.2) is 0 Å². The summed E-state index contributed by atoms with van der Waals surface area (Å²) in [5.41, 5.74) is 0.853. The van der Waals surface area contributed by atoms with Gasteiger partial charge in [-0.2, -0.15) is 5.21 Å². The van der Waals surface area contributed by atoms with Crippen molar-refractivity contribution in [2.75, 3.05) is 5.32 Å². The highest BCUT2D eigenvalue weighted by Crippen LogP contribution is 2.22. The van der Waals surface area contributed by atoms with Crippen molar-refractivity contribution >= 4 is 23.5 Å². The van der Waals surface area contributed by atoms with E-state index in [0.717, 1.165) is 5.56 Å². The fourth-order valence-corrected chi connectivity index (χ4v) is 1.64. The lowest BCUT2D eigenvalue weighted by atomic mass is 10.2. The molecule has 0 saturated heterocycles. The number of aromatic nitrogens is 4. The van der Waals surface area contributed by atoms with Crippen molar-refractivity contribution in [3.63, 3.8) is 0 Å². The summed E-state index contributed by atoms with van der Waals surface area (Å²) in [5, 5.41) is 15.9. The van der Waals surface area contributed by atoms with Crippen molar-refractivity contribution in [3.05, 3.63) is 28.8 Å². The van der Waals surface area contributed by atoms with Crippen LogP contribution in [0, 0.1) is 6.92 Å². The molecule has 8 heteroatoms. The average Bonchev–Trinajstić information content (AvgIpc) is 2.85. The van der Waals surface area contributed by atoms with Crippen LogP contribution in [-0.4, -0.2) is 32.6 Å². The Balaban J connectivity index is 2.00. The van der Waals surface area contributed by atoms with E-state index in [1.807, 2.05) is 6.92 Å². The lowest BCUT2D eigenvalue weighted by Crippen LogP contribution is -2.30. The Kier molecular flexibility index (Phi) is 3.96. The Morgan fingerprint density at radius 2 is 2.32 bits per heavy atom. The van der Waals surface area contributed by atoms with E-state index < -0.39 is 6.10 Å². The molecule has 1 aromatic heterocycles. The number of halogens is 1. The molecule has 0 radical (unpaired) electrons. The van der Waals surface area contributed by atoms with Crippen LogP contribution in [0.2, 0.25) is 5.02 Å². The second-order valence-electron chi connectivity index (χ2n) is 3.89. The third-order valence-electron chi connectivity index (χ3n) is 2.39. The summed E-state index contributed by atoms with van der Waals surface area (Å²) in [6.07, 6.45) is -0.696. The smallest absolute Gasteiger partial charge is 0.269 e. The summed E-state index contributed by atoms with van der Waals surface area (Å²) in [6.45, 7) is 3.48. The first-order valence-corrected chi connectivity index (χ1v) is 5.91. The first kappa shape index (κ1) is 13.3. The number of nitrogens with one attached hydrogen (secondary N) is 2. The molecular formula is C11H12ClN5O2. The molecule has 1 atom stereocenters. The highest BCUT2D eigenvalue weighted by atomic mass is 35.5. The quantitative estimate of drug-likeness (QED) is 0.887. The van der Waals surface area contributed by atoms with Crippen LogP contribution >= 0.6 is 11.6 Å². The van der Waals surface area contributed by atoms with Crippen LogP contribution in [-0.2, 0) is 4.79 Å². The van der Waals surface area contributed by atoms with E-state index in [0.29, 0.717) is 10.8 Å². The number of ether oxygens (including phenoxy) is 1. The molecule has 0 fully saturated rings. The first-order valence-electron chi connectivity index (χ1n) is 5.53. The van der Waals surface area contributed by atoms with Crippen LogP contribution in [0.15, 0.2) is 18.2 Å². The molecule has 2 N–H and O–H groups in total. The fraction of sp³-hybridized carbons (Fsp3) is 0.273. The summed E-state index contributed by atoms with van der Waals surface area (Å²) < 4.78 is 5.55. The van der Waals surface area contributed by atoms with E-state index in [1.165, 1.54) is 0 Å². The van der Waals surface area contributed by atoms with Crippen molar-refractivity contribution in [2.24, 2.45) is 0 Å². The number of hydrogen-bond donors (Lipinski definition) is 2. The van der Waals surface area contributed by atoms with E-state index in [1.54, 1.807) is 25.1 Å². The molecule has 2 rings (SSSR count). The summed E-state index contributed by atoms with van der Waals surface area (Å²) in [6, 6.07) is 5.18. The van der Waals surface area contributed by atoms with Gasteiger partial charge in [-0.05, 0) is 42.8 Å². The number of carbonyl (C=O) groups excluding carboxylic acids is 1. The normalized spacial score (nSPS) is 11.9. The van der Waals surface area contributed by atoms with Gasteiger partial charge in [-0.1, -0.05) is 16.7 Å². The van der Waals surface area contributed by atoms with Crippen LogP contribution in [0.3, 0.4) is 0 Å². The van der Waals surface area contributed by atoms with Crippen molar-refractivity contribution < 1.29 is 9.53 Å². The second-order valence-corrected chi connectivity index (χ2v) is 4.33. The molecule has 100 valence electrons. The number of rotatable bonds is 4. The zero-order chi connectivity index (χ0) is 13.8. The molecule has 0 bridgehead atoms. The van der Waals surface area contributed by atoms with Gasteiger partial charge in [-0.15, -0.1) is 5.10 Å². The van der Waals surface area contributed by atoms with Crippen LogP contribution in [0.4, 0.5) is 5.95 Å². The van der Waals surface area contributed by atoms with Gasteiger partial charge < -0.3 is 4.74 Å². The molecule has 1 amide bonds. The molecule has 2 aromatic rings. The number of benzene rings is 1. The molecule has 0 aliphatic carbocycles. The number of nitrogens with zero attached hydrogens (tertiary/aromatic N) is 3. The monoisotopic (exact) mass is 281 g/mol. The number of carbonyl (C=O) groups is 1. The Bertz CT molecular complexity index is 572. The molecule has 0 aliphatic heterocycles. The average molecular weight is 282 g/mol. The van der Waals surface area contributed by atoms with E-state index in [4.69, 9.17) is 16.3 Å². The molecule has 1 aromatic carbocycles. The Labute approximate surface area is 114 Å². The SMILES string of the molecule is Cc1cc(Cl)ccc1OC(C)C(=O)Nc1nn[nH]n1. The topological polar surface area (TPSA) is 92.8 Å². The number of tetrazole rings is 1. The number of H-pyrrole nitrogens is 1. The molecule has 19 heavy (non-hydrogen) atoms. The largest absolute Gasteiger partial charge is 0.481 e. The predicted molar refractivity (Wildman–Crippen MR) is 69.1 cm³/mol. The molecule has 0 saturated carbocycles. The third kappa shape index (κ3) is 3.41. The summed E-state index contributed by atoms with van der Waals surface area (Å²) in [5.74, 6) is 0.337. The van der Waals surface area contributed by atoms with Gasteiger partial charge in [0, 0.05) is 5.02 Å². The van der Waals surface area contributed by atoms with Crippen LogP contribution < -0.4 is 10.1 Å². The lowest BCUT2D eigenvalue weighted by Gasteiger charge is -2.15. The third-order valence-corrected chi connectivity index (χ3v) is 2.63. The van der Waals surface area contributed by atoms with Gasteiger partial charge in [0.25, 0.3) is 11.9 Å². The van der Waals surface area contributed by atoms with E-state index in [2.05, 4.69) is 25.9 Å². The number of hydrogen-bond acceptors (Lipinski definition) is 5. The first-order chi connectivity index (χ1) is 9.06. The molecular weight excluding hydrogens is 270 g/mol. The number of amides is 1. The minimum absolute atomic E-state index is 0.105. The van der Waals surface area contributed by atoms with Crippen LogP contribution in [0.1, 0.15) is 12.5 Å². The second kappa shape index (κ2) is 5.66. The fourth-order valence-electron chi connectivity index (χ4n) is 1.42. The highest BCUT2D eigenvalue weighted by molar-refractivity contribution is 6.30. The van der Waals surface area contributed by atoms with E-state index in [9.17, 15) is 4.79 Å². The molecule has 1 heterocycles. The van der Waals surface area contributed by atoms with Crippen molar-refractivity contribution in [3.8, 4) is 5.75 Å². The minimum Gasteiger partial charge on any atom is -0.481 e. The van der Waals surface area contributed by atoms with Gasteiger partial charge in [0.15, 0.2) is 6.10 Å². The number of aromatic amines is 1. The standard InChI is InChI=1S/C11H12ClN5O2/c1-6-5-8(12)3-4-9(6)19-7(2)10(18)13-11-14-16-17-15-11/h3-5,7H,1-2H3,(H2,13,14,15,16,17,18).